The minimum Gasteiger partial charge on any atom is -0.497 e. The van der Waals surface area contributed by atoms with Gasteiger partial charge in [-0.15, -0.1) is 0 Å². The van der Waals surface area contributed by atoms with Crippen LogP contribution in [0.5, 0.6) is 5.75 Å². The molecule has 1 aliphatic rings. The third-order valence-electron chi connectivity index (χ3n) is 7.68. The maximum Gasteiger partial charge on any atom is 0.243 e. The molecule has 2 amide bonds. The molecule has 4 aromatic carbocycles. The molecule has 4 atom stereocenters. The summed E-state index contributed by atoms with van der Waals surface area (Å²) >= 11 is 6.21. The third-order valence-corrected chi connectivity index (χ3v) is 7.93. The molecule has 0 saturated carbocycles. The van der Waals surface area contributed by atoms with Gasteiger partial charge in [-0.05, 0) is 41.0 Å². The highest BCUT2D eigenvalue weighted by atomic mass is 35.5. The van der Waals surface area contributed by atoms with Gasteiger partial charge in [-0.2, -0.15) is 0 Å². The monoisotopic (exact) mass is 566 g/mol. The Kier molecular flexibility index (Phi) is 8.50. The highest BCUT2D eigenvalue weighted by Gasteiger charge is 2.56. The standard InChI is InChI=1S/C34H31ClN2O4/c1-22(38)37-31(25-15-17-27(35)18-16-25)30(33(39)26-11-7-4-8-12-26)29(24-9-5-3-6-10-24)32(37)34(40)36-21-23-13-19-28(41-2)20-14-23/h3-20,29-32H,21H2,1-2H3,(H,36,40). The fourth-order valence-corrected chi connectivity index (χ4v) is 5.95. The van der Waals surface area contributed by atoms with Crippen LogP contribution in [-0.4, -0.2) is 35.6 Å². The van der Waals surface area contributed by atoms with Crippen molar-refractivity contribution in [3.8, 4) is 5.75 Å². The number of hydrogen-bond donors (Lipinski definition) is 1. The first-order chi connectivity index (χ1) is 19.9. The molecule has 5 rings (SSSR count). The maximum atomic E-state index is 14.3. The van der Waals surface area contributed by atoms with Crippen LogP contribution in [0.3, 0.4) is 0 Å². The van der Waals surface area contributed by atoms with Crippen molar-refractivity contribution >= 4 is 29.2 Å². The first-order valence-corrected chi connectivity index (χ1v) is 13.9. The van der Waals surface area contributed by atoms with E-state index in [-0.39, 0.29) is 24.1 Å². The maximum absolute atomic E-state index is 14.3. The predicted octanol–water partition coefficient (Wildman–Crippen LogP) is 6.22. The second-order valence-electron chi connectivity index (χ2n) is 10.1. The highest BCUT2D eigenvalue weighted by Crippen LogP contribution is 2.51. The zero-order chi connectivity index (χ0) is 28.9. The van der Waals surface area contributed by atoms with Gasteiger partial charge in [-0.1, -0.05) is 96.5 Å². The van der Waals surface area contributed by atoms with Crippen LogP contribution in [0, 0.1) is 5.92 Å². The molecule has 7 heteroatoms. The minimum absolute atomic E-state index is 0.129. The molecule has 4 unspecified atom stereocenters. The van der Waals surface area contributed by atoms with Gasteiger partial charge in [0.1, 0.15) is 11.8 Å². The van der Waals surface area contributed by atoms with Crippen LogP contribution in [0.15, 0.2) is 109 Å². The SMILES string of the molecule is COc1ccc(CNC(=O)C2C(c3ccccc3)C(C(=O)c3ccccc3)C(c3ccc(Cl)cc3)N2C(C)=O)cc1. The smallest absolute Gasteiger partial charge is 0.243 e. The van der Waals surface area contributed by atoms with Gasteiger partial charge < -0.3 is 15.0 Å². The van der Waals surface area contributed by atoms with Crippen LogP contribution in [0.1, 0.15) is 45.9 Å². The topological polar surface area (TPSA) is 75.7 Å². The number of ketones is 1. The molecular weight excluding hydrogens is 536 g/mol. The number of nitrogens with one attached hydrogen (secondary N) is 1. The van der Waals surface area contributed by atoms with Gasteiger partial charge in [0.25, 0.3) is 0 Å². The van der Waals surface area contributed by atoms with Gasteiger partial charge in [0, 0.05) is 30.0 Å². The van der Waals surface area contributed by atoms with Crippen molar-refractivity contribution in [2.24, 2.45) is 5.92 Å². The molecule has 0 spiro atoms. The molecule has 0 bridgehead atoms. The van der Waals surface area contributed by atoms with E-state index in [4.69, 9.17) is 16.3 Å². The van der Waals surface area contributed by atoms with Crippen molar-refractivity contribution in [1.82, 2.24) is 10.2 Å². The van der Waals surface area contributed by atoms with Crippen molar-refractivity contribution in [2.45, 2.75) is 31.5 Å². The van der Waals surface area contributed by atoms with Gasteiger partial charge in [-0.25, -0.2) is 0 Å². The number of amides is 2. The van der Waals surface area contributed by atoms with Crippen LogP contribution in [0.4, 0.5) is 0 Å². The van der Waals surface area contributed by atoms with Crippen molar-refractivity contribution in [3.05, 3.63) is 136 Å². The Morgan fingerprint density at radius 3 is 2.00 bits per heavy atom. The number of halogens is 1. The van der Waals surface area contributed by atoms with Gasteiger partial charge in [0.15, 0.2) is 5.78 Å². The number of likely N-dealkylation sites (tertiary alicyclic amines) is 1. The number of carbonyl (C=O) groups excluding carboxylic acids is 3. The predicted molar refractivity (Wildman–Crippen MR) is 159 cm³/mol. The fourth-order valence-electron chi connectivity index (χ4n) is 5.82. The summed E-state index contributed by atoms with van der Waals surface area (Å²) in [5, 5.41) is 3.58. The van der Waals surface area contributed by atoms with E-state index in [1.165, 1.54) is 6.92 Å². The molecule has 1 heterocycles. The zero-order valence-electron chi connectivity index (χ0n) is 22.9. The lowest BCUT2D eigenvalue weighted by Crippen LogP contribution is -2.47. The number of hydrogen-bond acceptors (Lipinski definition) is 4. The van der Waals surface area contributed by atoms with Crippen molar-refractivity contribution < 1.29 is 19.1 Å². The van der Waals surface area contributed by atoms with E-state index in [1.54, 1.807) is 36.3 Å². The third kappa shape index (κ3) is 5.88. The van der Waals surface area contributed by atoms with Gasteiger partial charge >= 0.3 is 0 Å². The summed E-state index contributed by atoms with van der Waals surface area (Å²) in [4.78, 5) is 43.5. The first kappa shape index (κ1) is 28.1. The van der Waals surface area contributed by atoms with E-state index < -0.39 is 23.9 Å². The van der Waals surface area contributed by atoms with Crippen LogP contribution >= 0.6 is 11.6 Å². The summed E-state index contributed by atoms with van der Waals surface area (Å²) in [6.07, 6.45) is 0. The Balaban J connectivity index is 1.62. The molecule has 1 aliphatic heterocycles. The summed E-state index contributed by atoms with van der Waals surface area (Å²) in [5.74, 6) is -1.34. The minimum atomic E-state index is -0.925. The summed E-state index contributed by atoms with van der Waals surface area (Å²) in [6.45, 7) is 1.71. The lowest BCUT2D eigenvalue weighted by atomic mass is 9.76. The molecule has 0 aromatic heterocycles. The number of carbonyl (C=O) groups is 3. The van der Waals surface area contributed by atoms with E-state index in [9.17, 15) is 14.4 Å². The van der Waals surface area contributed by atoms with Crippen molar-refractivity contribution in [3.63, 3.8) is 0 Å². The van der Waals surface area contributed by atoms with Crippen LogP contribution in [-0.2, 0) is 16.1 Å². The zero-order valence-corrected chi connectivity index (χ0v) is 23.6. The van der Waals surface area contributed by atoms with Crippen LogP contribution in [0.25, 0.3) is 0 Å². The molecule has 0 aliphatic carbocycles. The Hall–Kier alpha value is -4.42. The normalized spacial score (nSPS) is 19.9. The number of methoxy groups -OCH3 is 1. The molecular formula is C34H31ClN2O4. The van der Waals surface area contributed by atoms with Crippen molar-refractivity contribution in [2.75, 3.05) is 7.11 Å². The quantitative estimate of drug-likeness (QED) is 0.257. The number of ether oxygens (including phenoxy) is 1. The average molecular weight is 567 g/mol. The van der Waals surface area contributed by atoms with Gasteiger partial charge in [0.05, 0.1) is 19.1 Å². The molecule has 0 radical (unpaired) electrons. The largest absolute Gasteiger partial charge is 0.497 e. The highest BCUT2D eigenvalue weighted by molar-refractivity contribution is 6.30. The average Bonchev–Trinajstić information content (AvgIpc) is 3.37. The fraction of sp³-hybridized carbons (Fsp3) is 0.206. The second kappa shape index (κ2) is 12.4. The Bertz CT molecular complexity index is 1510. The van der Waals surface area contributed by atoms with Crippen LogP contribution in [0.2, 0.25) is 5.02 Å². The van der Waals surface area contributed by atoms with E-state index in [1.807, 2.05) is 84.9 Å². The van der Waals surface area contributed by atoms with Crippen molar-refractivity contribution in [1.29, 1.82) is 0 Å². The molecule has 1 fully saturated rings. The number of benzene rings is 4. The Labute approximate surface area is 244 Å². The first-order valence-electron chi connectivity index (χ1n) is 13.5. The Morgan fingerprint density at radius 1 is 0.805 bits per heavy atom. The van der Waals surface area contributed by atoms with E-state index in [0.29, 0.717) is 10.6 Å². The molecule has 6 nitrogen and oxygen atoms in total. The summed E-state index contributed by atoms with van der Waals surface area (Å²) in [6, 6.07) is 31.5. The molecule has 1 N–H and O–H groups in total. The van der Waals surface area contributed by atoms with Gasteiger partial charge in [0.2, 0.25) is 11.8 Å². The lowest BCUT2D eigenvalue weighted by Gasteiger charge is -2.30. The van der Waals surface area contributed by atoms with Gasteiger partial charge in [-0.3, -0.25) is 14.4 Å². The second-order valence-corrected chi connectivity index (χ2v) is 10.6. The molecule has 1 saturated heterocycles. The van der Waals surface area contributed by atoms with Crippen LogP contribution < -0.4 is 10.1 Å². The van der Waals surface area contributed by atoms with E-state index in [2.05, 4.69) is 5.32 Å². The number of rotatable bonds is 8. The number of Topliss-reactive ketones (excluding diaryl/α,β-unsaturated/α-hetero) is 1. The molecule has 4 aromatic rings. The summed E-state index contributed by atoms with van der Waals surface area (Å²) in [5.41, 5.74) is 2.97. The summed E-state index contributed by atoms with van der Waals surface area (Å²) < 4.78 is 5.24. The lowest BCUT2D eigenvalue weighted by molar-refractivity contribution is -0.139. The molecule has 208 valence electrons. The van der Waals surface area contributed by atoms with E-state index in [0.717, 1.165) is 22.4 Å². The summed E-state index contributed by atoms with van der Waals surface area (Å²) in [7, 11) is 1.60. The van der Waals surface area contributed by atoms with E-state index >= 15 is 0 Å². The molecule has 41 heavy (non-hydrogen) atoms. The number of nitrogens with zero attached hydrogens (tertiary/aromatic N) is 1. The Morgan fingerprint density at radius 2 is 1.41 bits per heavy atom.